The fourth-order valence-corrected chi connectivity index (χ4v) is 5.04. The van der Waals surface area contributed by atoms with Crippen molar-refractivity contribution < 1.29 is 14.3 Å². The van der Waals surface area contributed by atoms with Crippen molar-refractivity contribution in [3.63, 3.8) is 0 Å². The van der Waals surface area contributed by atoms with Crippen LogP contribution in [0.3, 0.4) is 0 Å². The van der Waals surface area contributed by atoms with Crippen molar-refractivity contribution in [3.8, 4) is 0 Å². The van der Waals surface area contributed by atoms with Gasteiger partial charge in [0, 0.05) is 0 Å². The molecule has 3 heteroatoms. The second-order valence-electron chi connectivity index (χ2n) is 8.48. The number of carbonyl (C=O) groups is 1. The van der Waals surface area contributed by atoms with Gasteiger partial charge in [0.05, 0.1) is 18.1 Å². The van der Waals surface area contributed by atoms with Crippen LogP contribution in [-0.4, -0.2) is 24.3 Å². The van der Waals surface area contributed by atoms with E-state index in [0.717, 1.165) is 51.4 Å². The molecule has 2 aliphatic carbocycles. The summed E-state index contributed by atoms with van der Waals surface area (Å²) >= 11 is 0. The Morgan fingerprint density at radius 2 is 1.76 bits per heavy atom. The molecule has 0 bridgehead atoms. The third-order valence-corrected chi connectivity index (χ3v) is 6.72. The molecule has 25 heavy (non-hydrogen) atoms. The highest BCUT2D eigenvalue weighted by Crippen LogP contribution is 2.38. The van der Waals surface area contributed by atoms with E-state index in [1.807, 2.05) is 0 Å². The Morgan fingerprint density at radius 1 is 1.04 bits per heavy atom. The Hall–Kier alpha value is -0.830. The van der Waals surface area contributed by atoms with Crippen molar-refractivity contribution in [2.24, 2.45) is 17.8 Å². The van der Waals surface area contributed by atoms with Gasteiger partial charge in [-0.25, -0.2) is 0 Å². The molecule has 1 aliphatic heterocycles. The molecule has 3 aliphatic rings. The van der Waals surface area contributed by atoms with Gasteiger partial charge in [-0.3, -0.25) is 4.79 Å². The lowest BCUT2D eigenvalue weighted by Crippen LogP contribution is -2.32. The first-order valence-electron chi connectivity index (χ1n) is 10.7. The van der Waals surface area contributed by atoms with Gasteiger partial charge in [0.15, 0.2) is 0 Å². The monoisotopic (exact) mass is 348 g/mol. The summed E-state index contributed by atoms with van der Waals surface area (Å²) in [5.41, 5.74) is 0. The van der Waals surface area contributed by atoms with Crippen LogP contribution >= 0.6 is 0 Å². The molecular weight excluding hydrogens is 312 g/mol. The van der Waals surface area contributed by atoms with Crippen LogP contribution in [0.15, 0.2) is 12.7 Å². The number of esters is 1. The highest BCUT2D eigenvalue weighted by atomic mass is 16.5. The summed E-state index contributed by atoms with van der Waals surface area (Å²) in [6.45, 7) is 6.11. The Balaban J connectivity index is 1.37. The molecule has 0 radical (unpaired) electrons. The first-order valence-corrected chi connectivity index (χ1v) is 10.7. The van der Waals surface area contributed by atoms with E-state index in [0.29, 0.717) is 24.0 Å². The number of ether oxygens (including phenoxy) is 2. The molecule has 3 nitrogen and oxygen atoms in total. The molecule has 2 unspecified atom stereocenters. The first kappa shape index (κ1) is 18.9. The van der Waals surface area contributed by atoms with E-state index in [2.05, 4.69) is 19.6 Å². The minimum absolute atomic E-state index is 0.0664. The van der Waals surface area contributed by atoms with Crippen LogP contribution in [0.5, 0.6) is 0 Å². The zero-order valence-corrected chi connectivity index (χ0v) is 16.0. The van der Waals surface area contributed by atoms with E-state index in [4.69, 9.17) is 9.47 Å². The molecule has 1 saturated heterocycles. The minimum atomic E-state index is 0.0664. The number of carbonyl (C=O) groups excluding carboxylic acids is 1. The normalized spacial score (nSPS) is 39.1. The molecule has 0 N–H and O–H groups in total. The summed E-state index contributed by atoms with van der Waals surface area (Å²) in [5.74, 6) is 1.47. The molecular formula is C22H36O3. The van der Waals surface area contributed by atoms with Crippen LogP contribution in [0, 0.1) is 17.8 Å². The lowest BCUT2D eigenvalue weighted by atomic mass is 9.78. The molecule has 0 spiro atoms. The summed E-state index contributed by atoms with van der Waals surface area (Å²) in [6.07, 6.45) is 16.5. The van der Waals surface area contributed by atoms with E-state index in [-0.39, 0.29) is 18.0 Å². The second kappa shape index (κ2) is 9.21. The molecule has 3 fully saturated rings. The maximum atomic E-state index is 12.5. The quantitative estimate of drug-likeness (QED) is 0.474. The molecule has 0 aromatic carbocycles. The largest absolute Gasteiger partial charge is 0.462 e. The van der Waals surface area contributed by atoms with Crippen molar-refractivity contribution in [3.05, 3.63) is 12.7 Å². The summed E-state index contributed by atoms with van der Waals surface area (Å²) in [4.78, 5) is 12.5. The van der Waals surface area contributed by atoms with Crippen molar-refractivity contribution in [1.29, 1.82) is 0 Å². The standard InChI is InChI=1S/C22H36O3/c1-3-5-19-14-15-21(24-19)17-8-10-18(11-9-17)22(23)25-20-12-6-16(4-2)7-13-20/h4,16-21H,2-3,5-15H2,1H3. The van der Waals surface area contributed by atoms with Crippen LogP contribution < -0.4 is 0 Å². The van der Waals surface area contributed by atoms with Gasteiger partial charge in [-0.2, -0.15) is 0 Å². The van der Waals surface area contributed by atoms with Crippen LogP contribution in [0.2, 0.25) is 0 Å². The van der Waals surface area contributed by atoms with Crippen LogP contribution in [-0.2, 0) is 14.3 Å². The number of hydrogen-bond donors (Lipinski definition) is 0. The lowest BCUT2D eigenvalue weighted by molar-refractivity contribution is -0.157. The van der Waals surface area contributed by atoms with Gasteiger partial charge >= 0.3 is 5.97 Å². The zero-order valence-electron chi connectivity index (χ0n) is 16.0. The molecule has 0 aromatic rings. The van der Waals surface area contributed by atoms with Crippen molar-refractivity contribution >= 4 is 5.97 Å². The van der Waals surface area contributed by atoms with Crippen LogP contribution in [0.25, 0.3) is 0 Å². The van der Waals surface area contributed by atoms with Gasteiger partial charge in [-0.1, -0.05) is 19.4 Å². The Kier molecular flexibility index (Phi) is 6.98. The van der Waals surface area contributed by atoms with Gasteiger partial charge in [0.2, 0.25) is 0 Å². The first-order chi connectivity index (χ1) is 12.2. The maximum absolute atomic E-state index is 12.5. The Labute approximate surface area is 153 Å². The van der Waals surface area contributed by atoms with E-state index in [9.17, 15) is 4.79 Å². The summed E-state index contributed by atoms with van der Waals surface area (Å²) in [7, 11) is 0. The van der Waals surface area contributed by atoms with E-state index in [1.54, 1.807) is 0 Å². The van der Waals surface area contributed by atoms with Gasteiger partial charge < -0.3 is 9.47 Å². The number of rotatable bonds is 6. The van der Waals surface area contributed by atoms with Gasteiger partial charge in [0.25, 0.3) is 0 Å². The van der Waals surface area contributed by atoms with Crippen molar-refractivity contribution in [2.75, 3.05) is 0 Å². The molecule has 0 amide bonds. The van der Waals surface area contributed by atoms with Gasteiger partial charge in [0.1, 0.15) is 6.10 Å². The molecule has 2 atom stereocenters. The zero-order chi connectivity index (χ0) is 17.6. The van der Waals surface area contributed by atoms with E-state index >= 15 is 0 Å². The smallest absolute Gasteiger partial charge is 0.309 e. The average molecular weight is 349 g/mol. The molecule has 0 aromatic heterocycles. The SMILES string of the molecule is C=CC1CCC(OC(=O)C2CCC(C3CCC(CCC)O3)CC2)CC1. The van der Waals surface area contributed by atoms with Crippen molar-refractivity contribution in [1.82, 2.24) is 0 Å². The van der Waals surface area contributed by atoms with Crippen LogP contribution in [0.4, 0.5) is 0 Å². The van der Waals surface area contributed by atoms with Crippen molar-refractivity contribution in [2.45, 2.75) is 102 Å². The lowest BCUT2D eigenvalue weighted by Gasteiger charge is -2.33. The fourth-order valence-electron chi connectivity index (χ4n) is 5.04. The minimum Gasteiger partial charge on any atom is -0.462 e. The molecule has 142 valence electrons. The summed E-state index contributed by atoms with van der Waals surface area (Å²) < 4.78 is 12.1. The predicted octanol–water partition coefficient (Wildman–Crippen LogP) is 5.43. The Morgan fingerprint density at radius 3 is 2.40 bits per heavy atom. The van der Waals surface area contributed by atoms with Crippen LogP contribution in [0.1, 0.15) is 84.0 Å². The highest BCUT2D eigenvalue weighted by Gasteiger charge is 2.36. The number of hydrogen-bond acceptors (Lipinski definition) is 3. The molecule has 1 heterocycles. The van der Waals surface area contributed by atoms with Gasteiger partial charge in [-0.05, 0) is 82.5 Å². The second-order valence-corrected chi connectivity index (χ2v) is 8.48. The average Bonchev–Trinajstić information content (AvgIpc) is 3.11. The topological polar surface area (TPSA) is 35.5 Å². The van der Waals surface area contributed by atoms with E-state index < -0.39 is 0 Å². The van der Waals surface area contributed by atoms with E-state index in [1.165, 1.54) is 25.7 Å². The summed E-state index contributed by atoms with van der Waals surface area (Å²) in [6, 6.07) is 0. The van der Waals surface area contributed by atoms with Gasteiger partial charge in [-0.15, -0.1) is 6.58 Å². The molecule has 2 saturated carbocycles. The predicted molar refractivity (Wildman–Crippen MR) is 100 cm³/mol. The molecule has 3 rings (SSSR count). The Bertz CT molecular complexity index is 431. The third kappa shape index (κ3) is 5.09. The summed E-state index contributed by atoms with van der Waals surface area (Å²) in [5, 5.41) is 0. The fraction of sp³-hybridized carbons (Fsp3) is 0.864. The number of allylic oxidation sites excluding steroid dienone is 1. The highest BCUT2D eigenvalue weighted by molar-refractivity contribution is 5.72. The maximum Gasteiger partial charge on any atom is 0.309 e. The third-order valence-electron chi connectivity index (χ3n) is 6.72.